The van der Waals surface area contributed by atoms with Crippen molar-refractivity contribution in [1.82, 2.24) is 14.8 Å². The van der Waals surface area contributed by atoms with Gasteiger partial charge in [-0.25, -0.2) is 4.98 Å². The minimum atomic E-state index is 0.112. The minimum Gasteiger partial charge on any atom is -0.337 e. The number of aromatic nitrogens is 1. The van der Waals surface area contributed by atoms with Crippen LogP contribution in [-0.4, -0.2) is 53.9 Å². The molecule has 27 heavy (non-hydrogen) atoms. The Labute approximate surface area is 160 Å². The van der Waals surface area contributed by atoms with Crippen LogP contribution in [0.3, 0.4) is 0 Å². The quantitative estimate of drug-likeness (QED) is 0.694. The molecule has 1 fully saturated rings. The molecule has 4 nitrogen and oxygen atoms in total. The normalized spacial score (nSPS) is 15.7. The van der Waals surface area contributed by atoms with Gasteiger partial charge < -0.3 is 9.80 Å². The molecule has 1 aromatic heterocycles. The number of rotatable bonds is 2. The number of fused-ring (bicyclic) bond motifs is 1. The van der Waals surface area contributed by atoms with Crippen molar-refractivity contribution in [3.63, 3.8) is 0 Å². The Bertz CT molecular complexity index is 968. The van der Waals surface area contributed by atoms with Crippen molar-refractivity contribution in [3.8, 4) is 11.3 Å². The van der Waals surface area contributed by atoms with Gasteiger partial charge in [0.05, 0.1) is 16.8 Å². The Morgan fingerprint density at radius 2 is 1.78 bits per heavy atom. The number of likely N-dealkylation sites (N-methyl/N-ethyl adjacent to an activating group) is 1. The van der Waals surface area contributed by atoms with E-state index in [4.69, 9.17) is 4.98 Å². The highest BCUT2D eigenvalue weighted by Gasteiger charge is 2.22. The Morgan fingerprint density at radius 3 is 2.59 bits per heavy atom. The fourth-order valence-corrected chi connectivity index (χ4v) is 3.69. The number of amides is 1. The lowest BCUT2D eigenvalue weighted by Gasteiger charge is -2.22. The lowest BCUT2D eigenvalue weighted by Crippen LogP contribution is -2.34. The van der Waals surface area contributed by atoms with Crippen LogP contribution in [-0.2, 0) is 0 Å². The highest BCUT2D eigenvalue weighted by molar-refractivity contribution is 6.07. The van der Waals surface area contributed by atoms with Gasteiger partial charge in [0.15, 0.2) is 0 Å². The number of hydrogen-bond donors (Lipinski definition) is 0. The summed E-state index contributed by atoms with van der Waals surface area (Å²) in [7, 11) is 2.12. The van der Waals surface area contributed by atoms with Crippen LogP contribution in [0.15, 0.2) is 54.6 Å². The van der Waals surface area contributed by atoms with Gasteiger partial charge >= 0.3 is 0 Å². The summed E-state index contributed by atoms with van der Waals surface area (Å²) in [4.78, 5) is 22.6. The summed E-state index contributed by atoms with van der Waals surface area (Å²) in [5.41, 5.74) is 4.65. The SMILES string of the molecule is Cc1ccc2nc(-c3ccccc3)cc(C(=O)N3CCCN(C)CC3)c2c1. The number of pyridine rings is 1. The zero-order valence-electron chi connectivity index (χ0n) is 16.0. The molecular formula is C23H25N3O. The molecule has 0 aliphatic carbocycles. The number of aryl methyl sites for hydroxylation is 1. The zero-order chi connectivity index (χ0) is 18.8. The van der Waals surface area contributed by atoms with Gasteiger partial charge in [0.2, 0.25) is 0 Å². The van der Waals surface area contributed by atoms with Gasteiger partial charge in [0.1, 0.15) is 0 Å². The van der Waals surface area contributed by atoms with Gasteiger partial charge in [-0.1, -0.05) is 42.0 Å². The van der Waals surface area contributed by atoms with Crippen molar-refractivity contribution in [2.24, 2.45) is 0 Å². The maximum Gasteiger partial charge on any atom is 0.254 e. The standard InChI is InChI=1S/C23H25N3O/c1-17-9-10-21-19(15-17)20(16-22(24-21)18-7-4-3-5-8-18)23(27)26-12-6-11-25(2)13-14-26/h3-5,7-10,15-16H,6,11-14H2,1-2H3. The summed E-state index contributed by atoms with van der Waals surface area (Å²) >= 11 is 0. The molecule has 0 saturated carbocycles. The molecule has 138 valence electrons. The van der Waals surface area contributed by atoms with Crippen molar-refractivity contribution in [2.45, 2.75) is 13.3 Å². The highest BCUT2D eigenvalue weighted by Crippen LogP contribution is 2.27. The van der Waals surface area contributed by atoms with Crippen molar-refractivity contribution in [2.75, 3.05) is 33.2 Å². The molecule has 1 aliphatic rings. The van der Waals surface area contributed by atoms with E-state index in [1.807, 2.05) is 47.4 Å². The lowest BCUT2D eigenvalue weighted by molar-refractivity contribution is 0.0765. The van der Waals surface area contributed by atoms with E-state index >= 15 is 0 Å². The smallest absolute Gasteiger partial charge is 0.254 e. The number of carbonyl (C=O) groups excluding carboxylic acids is 1. The number of benzene rings is 2. The van der Waals surface area contributed by atoms with Crippen molar-refractivity contribution < 1.29 is 4.79 Å². The molecule has 0 atom stereocenters. The minimum absolute atomic E-state index is 0.112. The van der Waals surface area contributed by atoms with Crippen molar-refractivity contribution in [1.29, 1.82) is 0 Å². The third-order valence-electron chi connectivity index (χ3n) is 5.27. The number of hydrogen-bond acceptors (Lipinski definition) is 3. The average Bonchev–Trinajstić information content (AvgIpc) is 2.92. The molecule has 3 aromatic rings. The maximum absolute atomic E-state index is 13.4. The molecule has 4 heteroatoms. The van der Waals surface area contributed by atoms with E-state index in [0.717, 1.165) is 65.9 Å². The Hall–Kier alpha value is -2.72. The van der Waals surface area contributed by atoms with Crippen LogP contribution >= 0.6 is 0 Å². The Morgan fingerprint density at radius 1 is 0.963 bits per heavy atom. The Balaban J connectivity index is 1.82. The van der Waals surface area contributed by atoms with Crippen LogP contribution in [0.4, 0.5) is 0 Å². The first-order valence-electron chi connectivity index (χ1n) is 9.56. The molecule has 0 unspecified atom stereocenters. The van der Waals surface area contributed by atoms with E-state index in [1.54, 1.807) is 0 Å². The average molecular weight is 359 g/mol. The molecule has 2 aromatic carbocycles. The second-order valence-corrected chi connectivity index (χ2v) is 7.39. The molecule has 1 amide bonds. The van der Waals surface area contributed by atoms with Gasteiger partial charge in [0.25, 0.3) is 5.91 Å². The predicted octanol–water partition coefficient (Wildman–Crippen LogP) is 3.99. The van der Waals surface area contributed by atoms with Gasteiger partial charge in [-0.15, -0.1) is 0 Å². The summed E-state index contributed by atoms with van der Waals surface area (Å²) in [5, 5.41) is 0.942. The first-order valence-corrected chi connectivity index (χ1v) is 9.56. The van der Waals surface area contributed by atoms with Gasteiger partial charge in [-0.3, -0.25) is 4.79 Å². The summed E-state index contributed by atoms with van der Waals surface area (Å²) in [6, 6.07) is 18.2. The number of nitrogens with zero attached hydrogens (tertiary/aromatic N) is 3. The van der Waals surface area contributed by atoms with E-state index in [1.165, 1.54) is 0 Å². The van der Waals surface area contributed by atoms with Crippen LogP contribution in [0.25, 0.3) is 22.2 Å². The molecule has 0 bridgehead atoms. The van der Waals surface area contributed by atoms with Gasteiger partial charge in [-0.05, 0) is 45.1 Å². The maximum atomic E-state index is 13.4. The molecule has 0 N–H and O–H groups in total. The molecule has 1 aliphatic heterocycles. The van der Waals surface area contributed by atoms with E-state index in [9.17, 15) is 4.79 Å². The van der Waals surface area contributed by atoms with Crippen LogP contribution < -0.4 is 0 Å². The third kappa shape index (κ3) is 3.71. The second-order valence-electron chi connectivity index (χ2n) is 7.39. The van der Waals surface area contributed by atoms with Crippen LogP contribution in [0.5, 0.6) is 0 Å². The molecule has 1 saturated heterocycles. The second kappa shape index (κ2) is 7.49. The number of carbonyl (C=O) groups is 1. The first-order chi connectivity index (χ1) is 13.1. The zero-order valence-corrected chi connectivity index (χ0v) is 16.0. The van der Waals surface area contributed by atoms with E-state index in [0.29, 0.717) is 0 Å². The fourth-order valence-electron chi connectivity index (χ4n) is 3.69. The van der Waals surface area contributed by atoms with Crippen LogP contribution in [0.2, 0.25) is 0 Å². The highest BCUT2D eigenvalue weighted by atomic mass is 16.2. The Kier molecular flexibility index (Phi) is 4.90. The topological polar surface area (TPSA) is 36.4 Å². The fraction of sp³-hybridized carbons (Fsp3) is 0.304. The predicted molar refractivity (Wildman–Crippen MR) is 110 cm³/mol. The monoisotopic (exact) mass is 359 g/mol. The van der Waals surface area contributed by atoms with Crippen LogP contribution in [0, 0.1) is 6.92 Å². The summed E-state index contributed by atoms with van der Waals surface area (Å²) in [5.74, 6) is 0.112. The van der Waals surface area contributed by atoms with Gasteiger partial charge in [0, 0.05) is 30.6 Å². The molecule has 4 rings (SSSR count). The van der Waals surface area contributed by atoms with E-state index in [-0.39, 0.29) is 5.91 Å². The lowest BCUT2D eigenvalue weighted by atomic mass is 10.0. The van der Waals surface area contributed by atoms with Crippen molar-refractivity contribution in [3.05, 3.63) is 65.7 Å². The summed E-state index contributed by atoms with van der Waals surface area (Å²) in [6.45, 7) is 5.58. The van der Waals surface area contributed by atoms with Crippen LogP contribution in [0.1, 0.15) is 22.3 Å². The third-order valence-corrected chi connectivity index (χ3v) is 5.27. The molecule has 0 spiro atoms. The molecule has 2 heterocycles. The van der Waals surface area contributed by atoms with Crippen molar-refractivity contribution >= 4 is 16.8 Å². The first kappa shape index (κ1) is 17.7. The van der Waals surface area contributed by atoms with Gasteiger partial charge in [-0.2, -0.15) is 0 Å². The molecule has 0 radical (unpaired) electrons. The van der Waals surface area contributed by atoms with E-state index in [2.05, 4.69) is 31.0 Å². The summed E-state index contributed by atoms with van der Waals surface area (Å²) < 4.78 is 0. The van der Waals surface area contributed by atoms with E-state index < -0.39 is 0 Å². The summed E-state index contributed by atoms with van der Waals surface area (Å²) in [6.07, 6.45) is 1.01. The largest absolute Gasteiger partial charge is 0.337 e. The molecular weight excluding hydrogens is 334 g/mol.